The molecule has 0 aliphatic carbocycles. The monoisotopic (exact) mass is 326 g/mol. The molecule has 0 radical (unpaired) electrons. The van der Waals surface area contributed by atoms with Crippen molar-refractivity contribution in [3.8, 4) is 5.75 Å². The number of fused-ring (bicyclic) bond motifs is 1. The van der Waals surface area contributed by atoms with Crippen LogP contribution in [-0.4, -0.2) is 24.5 Å². The minimum absolute atomic E-state index is 0.127. The van der Waals surface area contributed by atoms with E-state index in [1.54, 1.807) is 25.1 Å². The number of anilines is 1. The van der Waals surface area contributed by atoms with E-state index in [-0.39, 0.29) is 19.1 Å². The standard InChI is InChI=1S/C18H18N2O4/c1-13-18(22)20(15-9-5-6-10-16(15)24-13)11-17(21)19-23-12-14-7-3-2-4-8-14/h2-10,13H,11-12H2,1H3,(H,19,21)/t13-/m1/s1. The number of nitrogens with zero attached hydrogens (tertiary/aromatic N) is 1. The molecule has 1 aliphatic heterocycles. The number of hydroxylamine groups is 1. The predicted molar refractivity (Wildman–Crippen MR) is 88.3 cm³/mol. The zero-order valence-corrected chi connectivity index (χ0v) is 13.3. The van der Waals surface area contributed by atoms with Crippen LogP contribution in [0.3, 0.4) is 0 Å². The quantitative estimate of drug-likeness (QED) is 0.854. The van der Waals surface area contributed by atoms with Crippen molar-refractivity contribution in [2.75, 3.05) is 11.4 Å². The molecule has 1 heterocycles. The normalized spacial score (nSPS) is 16.3. The summed E-state index contributed by atoms with van der Waals surface area (Å²) in [5.41, 5.74) is 3.90. The second-order valence-electron chi connectivity index (χ2n) is 5.45. The lowest BCUT2D eigenvalue weighted by Crippen LogP contribution is -2.48. The van der Waals surface area contributed by atoms with Gasteiger partial charge in [-0.15, -0.1) is 0 Å². The van der Waals surface area contributed by atoms with E-state index in [1.165, 1.54) is 4.90 Å². The lowest BCUT2D eigenvalue weighted by atomic mass is 10.2. The predicted octanol–water partition coefficient (Wildman–Crippen LogP) is 2.05. The molecular weight excluding hydrogens is 308 g/mol. The van der Waals surface area contributed by atoms with Gasteiger partial charge in [0.15, 0.2) is 6.10 Å². The van der Waals surface area contributed by atoms with Crippen LogP contribution in [0.5, 0.6) is 5.75 Å². The van der Waals surface area contributed by atoms with Gasteiger partial charge in [0.2, 0.25) is 0 Å². The molecule has 1 N–H and O–H groups in total. The number of hydrogen-bond donors (Lipinski definition) is 1. The van der Waals surface area contributed by atoms with Gasteiger partial charge in [-0.05, 0) is 24.6 Å². The molecule has 124 valence electrons. The molecule has 1 atom stereocenters. The number of carbonyl (C=O) groups excluding carboxylic acids is 2. The van der Waals surface area contributed by atoms with Crippen LogP contribution < -0.4 is 15.1 Å². The smallest absolute Gasteiger partial charge is 0.268 e. The van der Waals surface area contributed by atoms with E-state index in [9.17, 15) is 9.59 Å². The molecule has 0 saturated carbocycles. The van der Waals surface area contributed by atoms with Crippen molar-refractivity contribution in [2.24, 2.45) is 0 Å². The number of hydrogen-bond acceptors (Lipinski definition) is 4. The maximum atomic E-state index is 12.3. The minimum atomic E-state index is -0.627. The van der Waals surface area contributed by atoms with Gasteiger partial charge in [-0.3, -0.25) is 19.3 Å². The highest BCUT2D eigenvalue weighted by atomic mass is 16.6. The van der Waals surface area contributed by atoms with Gasteiger partial charge < -0.3 is 4.74 Å². The van der Waals surface area contributed by atoms with E-state index in [0.717, 1.165) is 5.56 Å². The van der Waals surface area contributed by atoms with E-state index in [1.807, 2.05) is 36.4 Å². The van der Waals surface area contributed by atoms with Gasteiger partial charge >= 0.3 is 0 Å². The number of benzene rings is 2. The van der Waals surface area contributed by atoms with Gasteiger partial charge in [0.05, 0.1) is 12.3 Å². The number of para-hydroxylation sites is 2. The third kappa shape index (κ3) is 3.55. The lowest BCUT2D eigenvalue weighted by molar-refractivity contribution is -0.135. The molecule has 24 heavy (non-hydrogen) atoms. The minimum Gasteiger partial charge on any atom is -0.479 e. The van der Waals surface area contributed by atoms with Crippen LogP contribution in [0.15, 0.2) is 54.6 Å². The van der Waals surface area contributed by atoms with Crippen LogP contribution in [0.4, 0.5) is 5.69 Å². The van der Waals surface area contributed by atoms with Crippen molar-refractivity contribution in [1.82, 2.24) is 5.48 Å². The van der Waals surface area contributed by atoms with Gasteiger partial charge in [-0.2, -0.15) is 0 Å². The van der Waals surface area contributed by atoms with E-state index >= 15 is 0 Å². The SMILES string of the molecule is C[C@H]1Oc2ccccc2N(CC(=O)NOCc2ccccc2)C1=O. The molecule has 0 fully saturated rings. The Balaban J connectivity index is 1.60. The van der Waals surface area contributed by atoms with E-state index in [0.29, 0.717) is 11.4 Å². The van der Waals surface area contributed by atoms with Crippen LogP contribution in [0, 0.1) is 0 Å². The van der Waals surface area contributed by atoms with Crippen molar-refractivity contribution < 1.29 is 19.2 Å². The van der Waals surface area contributed by atoms with Crippen LogP contribution >= 0.6 is 0 Å². The molecule has 1 aliphatic rings. The van der Waals surface area contributed by atoms with Crippen LogP contribution in [0.2, 0.25) is 0 Å². The number of rotatable bonds is 5. The molecule has 0 unspecified atom stereocenters. The topological polar surface area (TPSA) is 67.9 Å². The van der Waals surface area contributed by atoms with Gasteiger partial charge in [0.25, 0.3) is 11.8 Å². The fourth-order valence-corrected chi connectivity index (χ4v) is 2.47. The maximum Gasteiger partial charge on any atom is 0.268 e. The van der Waals surface area contributed by atoms with Crippen molar-refractivity contribution in [3.63, 3.8) is 0 Å². The van der Waals surface area contributed by atoms with Gasteiger partial charge in [-0.1, -0.05) is 42.5 Å². The largest absolute Gasteiger partial charge is 0.479 e. The second-order valence-corrected chi connectivity index (χ2v) is 5.45. The summed E-state index contributed by atoms with van der Waals surface area (Å²) in [6, 6.07) is 16.6. The molecule has 2 aromatic carbocycles. The van der Waals surface area contributed by atoms with Crippen molar-refractivity contribution in [3.05, 3.63) is 60.2 Å². The highest BCUT2D eigenvalue weighted by molar-refractivity contribution is 6.03. The first-order valence-electron chi connectivity index (χ1n) is 7.67. The Hall–Kier alpha value is -2.86. The van der Waals surface area contributed by atoms with Crippen molar-refractivity contribution in [2.45, 2.75) is 19.6 Å². The Morgan fingerprint density at radius 3 is 2.67 bits per heavy atom. The lowest BCUT2D eigenvalue weighted by Gasteiger charge is -2.32. The summed E-state index contributed by atoms with van der Waals surface area (Å²) in [5.74, 6) is -0.0716. The first kappa shape index (κ1) is 16.0. The van der Waals surface area contributed by atoms with Gasteiger partial charge in [-0.25, -0.2) is 5.48 Å². The number of ether oxygens (including phenoxy) is 1. The average Bonchev–Trinajstić information content (AvgIpc) is 2.60. The fraction of sp³-hybridized carbons (Fsp3) is 0.222. The molecule has 2 amide bonds. The highest BCUT2D eigenvalue weighted by Crippen LogP contribution is 2.33. The summed E-state index contributed by atoms with van der Waals surface area (Å²) in [7, 11) is 0. The summed E-state index contributed by atoms with van der Waals surface area (Å²) in [5, 5.41) is 0. The zero-order chi connectivity index (χ0) is 16.9. The van der Waals surface area contributed by atoms with E-state index in [4.69, 9.17) is 9.57 Å². The summed E-state index contributed by atoms with van der Waals surface area (Å²) < 4.78 is 5.54. The number of carbonyl (C=O) groups is 2. The molecule has 0 bridgehead atoms. The van der Waals surface area contributed by atoms with Gasteiger partial charge in [0, 0.05) is 0 Å². The molecule has 6 heteroatoms. The first-order chi connectivity index (χ1) is 11.6. The number of nitrogens with one attached hydrogen (secondary N) is 1. The molecule has 6 nitrogen and oxygen atoms in total. The second kappa shape index (κ2) is 7.14. The highest BCUT2D eigenvalue weighted by Gasteiger charge is 2.32. The van der Waals surface area contributed by atoms with E-state index in [2.05, 4.69) is 5.48 Å². The Morgan fingerprint density at radius 1 is 1.17 bits per heavy atom. The number of amides is 2. The summed E-state index contributed by atoms with van der Waals surface area (Å²) in [6.07, 6.45) is -0.627. The Kier molecular flexibility index (Phi) is 4.77. The van der Waals surface area contributed by atoms with E-state index < -0.39 is 12.0 Å². The Bertz CT molecular complexity index is 733. The van der Waals surface area contributed by atoms with Crippen molar-refractivity contribution in [1.29, 1.82) is 0 Å². The summed E-state index contributed by atoms with van der Waals surface area (Å²) >= 11 is 0. The Morgan fingerprint density at radius 2 is 1.88 bits per heavy atom. The molecule has 0 saturated heterocycles. The Labute approximate surface area is 139 Å². The molecule has 2 aromatic rings. The van der Waals surface area contributed by atoms with Crippen molar-refractivity contribution >= 4 is 17.5 Å². The van der Waals surface area contributed by atoms with Crippen LogP contribution in [0.1, 0.15) is 12.5 Å². The average molecular weight is 326 g/mol. The molecule has 0 aromatic heterocycles. The first-order valence-corrected chi connectivity index (χ1v) is 7.67. The molecule has 3 rings (SSSR count). The summed E-state index contributed by atoms with van der Waals surface area (Å²) in [6.45, 7) is 1.80. The molecular formula is C18H18N2O4. The van der Waals surface area contributed by atoms with Gasteiger partial charge in [0.1, 0.15) is 12.3 Å². The van der Waals surface area contributed by atoms with Crippen LogP contribution in [0.25, 0.3) is 0 Å². The third-order valence-corrected chi connectivity index (χ3v) is 3.64. The zero-order valence-electron chi connectivity index (χ0n) is 13.3. The maximum absolute atomic E-state index is 12.3. The molecule has 0 spiro atoms. The fourth-order valence-electron chi connectivity index (χ4n) is 2.47. The van der Waals surface area contributed by atoms with Crippen LogP contribution in [-0.2, 0) is 21.0 Å². The summed E-state index contributed by atoms with van der Waals surface area (Å²) in [4.78, 5) is 31.0. The third-order valence-electron chi connectivity index (χ3n) is 3.64.